The second-order valence-electron chi connectivity index (χ2n) is 3.17. The van der Waals surface area contributed by atoms with Crippen molar-refractivity contribution in [3.05, 3.63) is 34.2 Å². The van der Waals surface area contributed by atoms with Gasteiger partial charge in [0.2, 0.25) is 0 Å². The maximum atomic E-state index is 11.0. The van der Waals surface area contributed by atoms with Crippen molar-refractivity contribution in [1.82, 2.24) is 9.97 Å². The molecule has 1 heterocycles. The Bertz CT molecular complexity index is 467. The van der Waals surface area contributed by atoms with E-state index in [0.29, 0.717) is 0 Å². The molecule has 0 aliphatic rings. The standard InChI is InChI=1S/C10H12N2O/c1-2-4-7-5-3-6-8-9(7)12-10(13)11-8/h3,5-6H,2,4H2,1H3,(H2,11,12,13). The Morgan fingerprint density at radius 2 is 2.15 bits per heavy atom. The smallest absolute Gasteiger partial charge is 0.306 e. The number of H-pyrrole nitrogens is 2. The first-order valence-electron chi connectivity index (χ1n) is 4.51. The van der Waals surface area contributed by atoms with E-state index in [-0.39, 0.29) is 5.69 Å². The molecule has 0 fully saturated rings. The number of rotatable bonds is 2. The van der Waals surface area contributed by atoms with Gasteiger partial charge in [0.05, 0.1) is 11.0 Å². The first-order chi connectivity index (χ1) is 6.31. The lowest BCUT2D eigenvalue weighted by molar-refractivity contribution is 0.927. The van der Waals surface area contributed by atoms with Gasteiger partial charge < -0.3 is 9.97 Å². The fourth-order valence-corrected chi connectivity index (χ4v) is 1.60. The summed E-state index contributed by atoms with van der Waals surface area (Å²) in [5, 5.41) is 0. The van der Waals surface area contributed by atoms with Crippen molar-refractivity contribution >= 4 is 11.0 Å². The number of hydrogen-bond donors (Lipinski definition) is 2. The molecule has 0 unspecified atom stereocenters. The highest BCUT2D eigenvalue weighted by Crippen LogP contribution is 2.14. The highest BCUT2D eigenvalue weighted by Gasteiger charge is 2.01. The normalized spacial score (nSPS) is 10.8. The number of aryl methyl sites for hydroxylation is 1. The maximum Gasteiger partial charge on any atom is 0.323 e. The summed E-state index contributed by atoms with van der Waals surface area (Å²) in [5.41, 5.74) is 2.93. The molecule has 1 aromatic carbocycles. The number of benzene rings is 1. The topological polar surface area (TPSA) is 48.6 Å². The number of aromatic amines is 2. The second-order valence-corrected chi connectivity index (χ2v) is 3.17. The lowest BCUT2D eigenvalue weighted by atomic mass is 10.1. The number of fused-ring (bicyclic) bond motifs is 1. The van der Waals surface area contributed by atoms with Gasteiger partial charge in [-0.3, -0.25) is 0 Å². The fraction of sp³-hybridized carbons (Fsp3) is 0.300. The average Bonchev–Trinajstić information content (AvgIpc) is 2.47. The fourth-order valence-electron chi connectivity index (χ4n) is 1.60. The number of aromatic nitrogens is 2. The van der Waals surface area contributed by atoms with Crippen LogP contribution in [0.4, 0.5) is 0 Å². The van der Waals surface area contributed by atoms with Crippen LogP contribution in [-0.4, -0.2) is 9.97 Å². The summed E-state index contributed by atoms with van der Waals surface area (Å²) < 4.78 is 0. The van der Waals surface area contributed by atoms with E-state index in [4.69, 9.17) is 0 Å². The molecule has 3 nitrogen and oxygen atoms in total. The Balaban J connectivity index is 2.67. The molecule has 0 aliphatic heterocycles. The van der Waals surface area contributed by atoms with Crippen LogP contribution in [-0.2, 0) is 6.42 Å². The van der Waals surface area contributed by atoms with Gasteiger partial charge in [0.25, 0.3) is 0 Å². The van der Waals surface area contributed by atoms with E-state index in [0.717, 1.165) is 23.9 Å². The Hall–Kier alpha value is -1.51. The number of nitrogens with one attached hydrogen (secondary N) is 2. The number of imidazole rings is 1. The number of hydrogen-bond acceptors (Lipinski definition) is 1. The van der Waals surface area contributed by atoms with Crippen molar-refractivity contribution in [2.45, 2.75) is 19.8 Å². The largest absolute Gasteiger partial charge is 0.323 e. The molecule has 2 rings (SSSR count). The van der Waals surface area contributed by atoms with Crippen LogP contribution in [0.2, 0.25) is 0 Å². The van der Waals surface area contributed by atoms with Crippen molar-refractivity contribution in [2.24, 2.45) is 0 Å². The summed E-state index contributed by atoms with van der Waals surface area (Å²) in [6.07, 6.45) is 2.09. The average molecular weight is 176 g/mol. The van der Waals surface area contributed by atoms with Gasteiger partial charge in [-0.05, 0) is 18.1 Å². The van der Waals surface area contributed by atoms with E-state index in [1.165, 1.54) is 5.56 Å². The van der Waals surface area contributed by atoms with Gasteiger partial charge in [-0.2, -0.15) is 0 Å². The summed E-state index contributed by atoms with van der Waals surface area (Å²) in [4.78, 5) is 16.6. The first-order valence-corrected chi connectivity index (χ1v) is 4.51. The Labute approximate surface area is 75.8 Å². The van der Waals surface area contributed by atoms with Gasteiger partial charge in [-0.25, -0.2) is 4.79 Å². The van der Waals surface area contributed by atoms with Gasteiger partial charge >= 0.3 is 5.69 Å². The lowest BCUT2D eigenvalue weighted by Gasteiger charge is -1.98. The molecule has 68 valence electrons. The Morgan fingerprint density at radius 1 is 1.31 bits per heavy atom. The molecule has 2 aromatic rings. The molecule has 2 N–H and O–H groups in total. The zero-order valence-electron chi connectivity index (χ0n) is 7.55. The van der Waals surface area contributed by atoms with Crippen molar-refractivity contribution < 1.29 is 0 Å². The van der Waals surface area contributed by atoms with Crippen molar-refractivity contribution in [3.63, 3.8) is 0 Å². The molecule has 0 spiro atoms. The predicted molar refractivity (Wildman–Crippen MR) is 52.9 cm³/mol. The van der Waals surface area contributed by atoms with E-state index in [1.54, 1.807) is 0 Å². The number of para-hydroxylation sites is 1. The summed E-state index contributed by atoms with van der Waals surface area (Å²) in [6, 6.07) is 5.93. The summed E-state index contributed by atoms with van der Waals surface area (Å²) in [7, 11) is 0. The zero-order chi connectivity index (χ0) is 9.26. The molecule has 3 heteroatoms. The molecule has 0 saturated carbocycles. The van der Waals surface area contributed by atoms with Crippen molar-refractivity contribution in [3.8, 4) is 0 Å². The minimum absolute atomic E-state index is 0.126. The Morgan fingerprint density at radius 3 is 2.92 bits per heavy atom. The maximum absolute atomic E-state index is 11.0. The van der Waals surface area contributed by atoms with E-state index in [2.05, 4.69) is 23.0 Å². The minimum Gasteiger partial charge on any atom is -0.306 e. The summed E-state index contributed by atoms with van der Waals surface area (Å²) in [5.74, 6) is 0. The highest BCUT2D eigenvalue weighted by atomic mass is 16.1. The van der Waals surface area contributed by atoms with Crippen LogP contribution >= 0.6 is 0 Å². The molecule has 0 bridgehead atoms. The van der Waals surface area contributed by atoms with Crippen LogP contribution in [0.25, 0.3) is 11.0 Å². The third kappa shape index (κ3) is 1.37. The van der Waals surface area contributed by atoms with Gasteiger partial charge in [-0.15, -0.1) is 0 Å². The monoisotopic (exact) mass is 176 g/mol. The van der Waals surface area contributed by atoms with Gasteiger partial charge in [-0.1, -0.05) is 25.5 Å². The summed E-state index contributed by atoms with van der Waals surface area (Å²) >= 11 is 0. The van der Waals surface area contributed by atoms with Crippen LogP contribution in [0.1, 0.15) is 18.9 Å². The molecule has 1 aromatic heterocycles. The highest BCUT2D eigenvalue weighted by molar-refractivity contribution is 5.77. The molecule has 0 amide bonds. The third-order valence-corrected chi connectivity index (χ3v) is 2.16. The molecular weight excluding hydrogens is 164 g/mol. The van der Waals surface area contributed by atoms with E-state index >= 15 is 0 Å². The van der Waals surface area contributed by atoms with Gasteiger partial charge in [0.1, 0.15) is 0 Å². The quantitative estimate of drug-likeness (QED) is 0.720. The van der Waals surface area contributed by atoms with Crippen LogP contribution in [0.15, 0.2) is 23.0 Å². The minimum atomic E-state index is -0.126. The van der Waals surface area contributed by atoms with Crippen LogP contribution in [0.5, 0.6) is 0 Å². The van der Waals surface area contributed by atoms with E-state index in [1.807, 2.05) is 12.1 Å². The van der Waals surface area contributed by atoms with E-state index < -0.39 is 0 Å². The molecule has 0 aliphatic carbocycles. The zero-order valence-corrected chi connectivity index (χ0v) is 7.55. The van der Waals surface area contributed by atoms with Crippen LogP contribution < -0.4 is 5.69 Å². The molecular formula is C10H12N2O. The predicted octanol–water partition coefficient (Wildman–Crippen LogP) is 1.81. The molecule has 0 radical (unpaired) electrons. The molecule has 0 atom stereocenters. The Kier molecular flexibility index (Phi) is 1.93. The van der Waals surface area contributed by atoms with Gasteiger partial charge in [0, 0.05) is 0 Å². The van der Waals surface area contributed by atoms with Crippen molar-refractivity contribution in [1.29, 1.82) is 0 Å². The van der Waals surface area contributed by atoms with E-state index in [9.17, 15) is 4.79 Å². The van der Waals surface area contributed by atoms with Crippen LogP contribution in [0, 0.1) is 0 Å². The molecule has 13 heavy (non-hydrogen) atoms. The first kappa shape index (κ1) is 8.10. The van der Waals surface area contributed by atoms with Crippen LogP contribution in [0.3, 0.4) is 0 Å². The molecule has 0 saturated heterocycles. The van der Waals surface area contributed by atoms with Crippen molar-refractivity contribution in [2.75, 3.05) is 0 Å². The third-order valence-electron chi connectivity index (χ3n) is 2.16. The lowest BCUT2D eigenvalue weighted by Crippen LogP contribution is -1.99. The van der Waals surface area contributed by atoms with Gasteiger partial charge in [0.15, 0.2) is 0 Å². The SMILES string of the molecule is CCCc1cccc2[nH]c(=O)[nH]c12. The summed E-state index contributed by atoms with van der Waals surface area (Å²) in [6.45, 7) is 2.13. The second kappa shape index (κ2) is 3.09.